The predicted octanol–water partition coefficient (Wildman–Crippen LogP) is 4.50. The van der Waals surface area contributed by atoms with Crippen LogP contribution in [0.25, 0.3) is 6.08 Å². The largest absolute Gasteiger partial charge is 0.477 e. The number of carbonyl (C=O) groups excluding carboxylic acids is 1. The SMILES string of the molecule is CCC(=O)N/C(=C\c1ccc(Oc2ncc(C(F)(F)F)cc2Cl)cc1)C(=O)O. The van der Waals surface area contributed by atoms with Gasteiger partial charge in [-0.2, -0.15) is 13.2 Å². The third-order valence-electron chi connectivity index (χ3n) is 3.37. The monoisotopic (exact) mass is 414 g/mol. The quantitative estimate of drug-likeness (QED) is 0.679. The Kier molecular flexibility index (Phi) is 6.63. The highest BCUT2D eigenvalue weighted by molar-refractivity contribution is 6.31. The number of hydrogen-bond acceptors (Lipinski definition) is 4. The number of carbonyl (C=O) groups is 2. The second-order valence-electron chi connectivity index (χ2n) is 5.44. The molecule has 0 fully saturated rings. The van der Waals surface area contributed by atoms with Gasteiger partial charge in [0.2, 0.25) is 11.8 Å². The molecule has 148 valence electrons. The number of halogens is 4. The zero-order chi connectivity index (χ0) is 20.9. The summed E-state index contributed by atoms with van der Waals surface area (Å²) in [6, 6.07) is 6.59. The standard InChI is InChI=1S/C18H14ClF3N2O4/c1-2-15(25)24-14(17(26)27)7-10-3-5-12(6-4-10)28-16-13(19)8-11(9-23-16)18(20,21)22/h3-9H,2H2,1H3,(H,24,25)(H,26,27)/b14-7-. The van der Waals surface area contributed by atoms with Gasteiger partial charge in [-0.3, -0.25) is 4.79 Å². The van der Waals surface area contributed by atoms with Crippen LogP contribution in [0.15, 0.2) is 42.2 Å². The van der Waals surface area contributed by atoms with Crippen molar-refractivity contribution in [1.29, 1.82) is 0 Å². The first-order chi connectivity index (χ1) is 13.1. The Labute approximate surface area is 162 Å². The zero-order valence-corrected chi connectivity index (χ0v) is 15.1. The minimum absolute atomic E-state index is 0.123. The molecule has 1 heterocycles. The highest BCUT2D eigenvalue weighted by Crippen LogP contribution is 2.34. The molecule has 2 N–H and O–H groups in total. The number of carboxylic acid groups (broad SMARTS) is 1. The fourth-order valence-electron chi connectivity index (χ4n) is 1.96. The summed E-state index contributed by atoms with van der Waals surface area (Å²) in [6.07, 6.45) is -2.59. The van der Waals surface area contributed by atoms with E-state index < -0.39 is 23.6 Å². The van der Waals surface area contributed by atoms with Crippen molar-refractivity contribution in [3.8, 4) is 11.6 Å². The fraction of sp³-hybridized carbons (Fsp3) is 0.167. The van der Waals surface area contributed by atoms with E-state index in [2.05, 4.69) is 10.3 Å². The van der Waals surface area contributed by atoms with Gasteiger partial charge < -0.3 is 15.2 Å². The maximum absolute atomic E-state index is 12.6. The van der Waals surface area contributed by atoms with Crippen LogP contribution in [0.1, 0.15) is 24.5 Å². The lowest BCUT2D eigenvalue weighted by molar-refractivity contribution is -0.138. The molecule has 0 aliphatic rings. The Hall–Kier alpha value is -3.07. The van der Waals surface area contributed by atoms with E-state index in [0.717, 1.165) is 0 Å². The van der Waals surface area contributed by atoms with Crippen LogP contribution in [0.3, 0.4) is 0 Å². The highest BCUT2D eigenvalue weighted by Gasteiger charge is 2.31. The molecule has 1 amide bonds. The van der Waals surface area contributed by atoms with Gasteiger partial charge in [-0.15, -0.1) is 0 Å². The highest BCUT2D eigenvalue weighted by atomic mass is 35.5. The maximum Gasteiger partial charge on any atom is 0.417 e. The van der Waals surface area contributed by atoms with Gasteiger partial charge in [0.15, 0.2) is 0 Å². The molecule has 0 unspecified atom stereocenters. The maximum atomic E-state index is 12.6. The summed E-state index contributed by atoms with van der Waals surface area (Å²) in [5, 5.41) is 11.1. The number of rotatable bonds is 6. The molecule has 0 aliphatic heterocycles. The molecule has 0 aliphatic carbocycles. The summed E-state index contributed by atoms with van der Waals surface area (Å²) in [6.45, 7) is 1.58. The Morgan fingerprint density at radius 2 is 1.93 bits per heavy atom. The average Bonchev–Trinajstić information content (AvgIpc) is 2.63. The number of nitrogens with zero attached hydrogens (tertiary/aromatic N) is 1. The van der Waals surface area contributed by atoms with Gasteiger partial charge in [0.05, 0.1) is 5.56 Å². The number of aliphatic carboxylic acids is 1. The van der Waals surface area contributed by atoms with Gasteiger partial charge in [-0.25, -0.2) is 9.78 Å². The van der Waals surface area contributed by atoms with Crippen LogP contribution in [0.4, 0.5) is 13.2 Å². The Bertz CT molecular complexity index is 912. The van der Waals surface area contributed by atoms with Crippen LogP contribution >= 0.6 is 11.6 Å². The number of hydrogen-bond donors (Lipinski definition) is 2. The van der Waals surface area contributed by atoms with Crippen molar-refractivity contribution in [3.63, 3.8) is 0 Å². The van der Waals surface area contributed by atoms with Gasteiger partial charge in [-0.05, 0) is 29.8 Å². The van der Waals surface area contributed by atoms with E-state index in [0.29, 0.717) is 17.8 Å². The van der Waals surface area contributed by atoms with Crippen molar-refractivity contribution >= 4 is 29.6 Å². The second-order valence-corrected chi connectivity index (χ2v) is 5.85. The van der Waals surface area contributed by atoms with Crippen LogP contribution in [0.2, 0.25) is 5.02 Å². The molecule has 0 saturated carbocycles. The number of alkyl halides is 3. The normalized spacial score (nSPS) is 11.8. The fourth-order valence-corrected chi connectivity index (χ4v) is 2.16. The summed E-state index contributed by atoms with van der Waals surface area (Å²) in [5.41, 5.74) is -0.846. The van der Waals surface area contributed by atoms with Crippen LogP contribution in [-0.2, 0) is 15.8 Å². The van der Waals surface area contributed by atoms with Crippen molar-refractivity contribution in [1.82, 2.24) is 10.3 Å². The van der Waals surface area contributed by atoms with E-state index in [9.17, 15) is 22.8 Å². The van der Waals surface area contributed by atoms with Crippen molar-refractivity contribution in [2.24, 2.45) is 0 Å². The molecule has 1 aromatic heterocycles. The minimum Gasteiger partial charge on any atom is -0.477 e. The van der Waals surface area contributed by atoms with E-state index in [-0.39, 0.29) is 28.8 Å². The lowest BCUT2D eigenvalue weighted by Gasteiger charge is -2.10. The lowest BCUT2D eigenvalue weighted by Crippen LogP contribution is -2.26. The molecular formula is C18H14ClF3N2O4. The number of amides is 1. The third kappa shape index (κ3) is 5.71. The molecule has 10 heteroatoms. The van der Waals surface area contributed by atoms with E-state index in [1.54, 1.807) is 6.92 Å². The summed E-state index contributed by atoms with van der Waals surface area (Å²) in [4.78, 5) is 26.1. The topological polar surface area (TPSA) is 88.5 Å². The van der Waals surface area contributed by atoms with Crippen molar-refractivity contribution in [2.75, 3.05) is 0 Å². The first-order valence-electron chi connectivity index (χ1n) is 7.85. The average molecular weight is 415 g/mol. The lowest BCUT2D eigenvalue weighted by atomic mass is 10.2. The molecule has 28 heavy (non-hydrogen) atoms. The summed E-state index contributed by atoms with van der Waals surface area (Å²) in [5.74, 6) is -1.74. The van der Waals surface area contributed by atoms with Gasteiger partial charge in [0.1, 0.15) is 16.5 Å². The number of aromatic nitrogens is 1. The smallest absolute Gasteiger partial charge is 0.417 e. The first kappa shape index (κ1) is 21.2. The summed E-state index contributed by atoms with van der Waals surface area (Å²) in [7, 11) is 0. The molecule has 2 rings (SSSR count). The number of pyridine rings is 1. The first-order valence-corrected chi connectivity index (χ1v) is 8.23. The molecule has 0 bridgehead atoms. The summed E-state index contributed by atoms with van der Waals surface area (Å²) >= 11 is 5.78. The molecule has 0 saturated heterocycles. The van der Waals surface area contributed by atoms with E-state index in [1.807, 2.05) is 0 Å². The van der Waals surface area contributed by atoms with Gasteiger partial charge >= 0.3 is 12.1 Å². The van der Waals surface area contributed by atoms with Crippen molar-refractivity contribution in [2.45, 2.75) is 19.5 Å². The molecule has 0 spiro atoms. The second kappa shape index (κ2) is 8.75. The van der Waals surface area contributed by atoms with Crippen LogP contribution < -0.4 is 10.1 Å². The molecule has 2 aromatic rings. The minimum atomic E-state index is -4.57. The van der Waals surface area contributed by atoms with Crippen LogP contribution in [0.5, 0.6) is 11.6 Å². The predicted molar refractivity (Wildman–Crippen MR) is 94.8 cm³/mol. The zero-order valence-electron chi connectivity index (χ0n) is 14.4. The Morgan fingerprint density at radius 1 is 1.29 bits per heavy atom. The molecule has 6 nitrogen and oxygen atoms in total. The molecule has 1 aromatic carbocycles. The summed E-state index contributed by atoms with van der Waals surface area (Å²) < 4.78 is 43.2. The number of nitrogens with one attached hydrogen (secondary N) is 1. The van der Waals surface area contributed by atoms with E-state index in [4.69, 9.17) is 21.4 Å². The van der Waals surface area contributed by atoms with Gasteiger partial charge in [-0.1, -0.05) is 30.7 Å². The Morgan fingerprint density at radius 3 is 2.43 bits per heavy atom. The third-order valence-corrected chi connectivity index (χ3v) is 3.64. The van der Waals surface area contributed by atoms with Crippen molar-refractivity contribution in [3.05, 3.63) is 58.4 Å². The van der Waals surface area contributed by atoms with Gasteiger partial charge in [0, 0.05) is 12.6 Å². The number of carboxylic acids is 1. The number of benzene rings is 1. The van der Waals surface area contributed by atoms with Crippen molar-refractivity contribution < 1.29 is 32.6 Å². The van der Waals surface area contributed by atoms with Crippen LogP contribution in [-0.4, -0.2) is 22.0 Å². The molecule has 0 atom stereocenters. The number of ether oxygens (including phenoxy) is 1. The Balaban J connectivity index is 2.17. The van der Waals surface area contributed by atoms with E-state index in [1.165, 1.54) is 30.3 Å². The van der Waals surface area contributed by atoms with E-state index >= 15 is 0 Å². The molecule has 0 radical (unpaired) electrons. The molecular weight excluding hydrogens is 401 g/mol. The van der Waals surface area contributed by atoms with Gasteiger partial charge in [0.25, 0.3) is 0 Å². The van der Waals surface area contributed by atoms with Crippen LogP contribution in [0, 0.1) is 0 Å².